The Labute approximate surface area is 265 Å². The van der Waals surface area contributed by atoms with E-state index >= 15 is 0 Å². The molecule has 0 aliphatic carbocycles. The Morgan fingerprint density at radius 3 is 2.38 bits per heavy atom. The summed E-state index contributed by atoms with van der Waals surface area (Å²) in [6.07, 6.45) is 1.96. The highest BCUT2D eigenvalue weighted by atomic mass is 35.5. The summed E-state index contributed by atoms with van der Waals surface area (Å²) >= 11 is 12.5. The number of carbonyl (C=O) groups excluding carboxylic acids is 3. The Morgan fingerprint density at radius 2 is 1.73 bits per heavy atom. The average molecular weight is 669 g/mol. The Morgan fingerprint density at radius 1 is 1.07 bits per heavy atom. The van der Waals surface area contributed by atoms with Crippen LogP contribution in [0.4, 0.5) is 18.9 Å². The lowest BCUT2D eigenvalue weighted by molar-refractivity contribution is -0.155. The smallest absolute Gasteiger partial charge is 0.387 e. The van der Waals surface area contributed by atoms with Crippen molar-refractivity contribution in [1.82, 2.24) is 24.7 Å². The number of anilines is 1. The van der Waals surface area contributed by atoms with Crippen LogP contribution in [0.25, 0.3) is 11.3 Å². The molecule has 2 aliphatic rings. The molecule has 1 aromatic heterocycles. The van der Waals surface area contributed by atoms with Crippen molar-refractivity contribution in [2.75, 3.05) is 44.6 Å². The highest BCUT2D eigenvalue weighted by Gasteiger charge is 2.41. The van der Waals surface area contributed by atoms with Gasteiger partial charge in [-0.2, -0.15) is 8.78 Å². The molecule has 0 bridgehead atoms. The molecule has 3 amide bonds. The molecule has 0 saturated carbocycles. The van der Waals surface area contributed by atoms with Gasteiger partial charge in [0.15, 0.2) is 17.4 Å². The monoisotopic (exact) mass is 668 g/mol. The largest absolute Gasteiger partial charge is 0.432 e. The van der Waals surface area contributed by atoms with Gasteiger partial charge in [0, 0.05) is 44.5 Å². The second-order valence-electron chi connectivity index (χ2n) is 10.7. The predicted molar refractivity (Wildman–Crippen MR) is 159 cm³/mol. The van der Waals surface area contributed by atoms with E-state index in [1.165, 1.54) is 42.1 Å². The van der Waals surface area contributed by atoms with Gasteiger partial charge in [-0.15, -0.1) is 0 Å². The summed E-state index contributed by atoms with van der Waals surface area (Å²) in [5.74, 6) is -3.29. The van der Waals surface area contributed by atoms with E-state index in [0.717, 1.165) is 6.07 Å². The summed E-state index contributed by atoms with van der Waals surface area (Å²) in [4.78, 5) is 46.4. The number of nitrogens with one attached hydrogen (secondary N) is 2. The van der Waals surface area contributed by atoms with Gasteiger partial charge in [0.1, 0.15) is 5.60 Å². The second kappa shape index (κ2) is 13.3. The summed E-state index contributed by atoms with van der Waals surface area (Å²) < 4.78 is 45.0. The molecular weight excluding hydrogens is 640 g/mol. The van der Waals surface area contributed by atoms with Gasteiger partial charge in [0.05, 0.1) is 27.5 Å². The fourth-order valence-electron chi connectivity index (χ4n) is 5.37. The van der Waals surface area contributed by atoms with Crippen molar-refractivity contribution in [3.63, 3.8) is 0 Å². The first-order chi connectivity index (χ1) is 21.4. The van der Waals surface area contributed by atoms with Crippen molar-refractivity contribution in [3.05, 3.63) is 63.8 Å². The van der Waals surface area contributed by atoms with E-state index < -0.39 is 34.7 Å². The van der Waals surface area contributed by atoms with E-state index in [1.807, 2.05) is 0 Å². The van der Waals surface area contributed by atoms with Gasteiger partial charge >= 0.3 is 6.61 Å². The molecule has 5 rings (SSSR count). The number of hydrogen-bond acceptors (Lipinski definition) is 7. The number of rotatable bonds is 7. The molecule has 45 heavy (non-hydrogen) atoms. The number of ether oxygens (including phenoxy) is 1. The third-order valence-electron chi connectivity index (χ3n) is 7.87. The quantitative estimate of drug-likeness (QED) is 0.350. The fourth-order valence-corrected chi connectivity index (χ4v) is 5.89. The zero-order chi connectivity index (χ0) is 32.5. The molecule has 3 aromatic rings. The van der Waals surface area contributed by atoms with Crippen LogP contribution in [0.3, 0.4) is 0 Å². The van der Waals surface area contributed by atoms with Crippen molar-refractivity contribution in [2.24, 2.45) is 7.05 Å². The van der Waals surface area contributed by atoms with Gasteiger partial charge < -0.3 is 34.8 Å². The summed E-state index contributed by atoms with van der Waals surface area (Å²) in [6.45, 7) is -1.01. The number of benzene rings is 2. The second-order valence-corrected chi connectivity index (χ2v) is 11.4. The van der Waals surface area contributed by atoms with Crippen LogP contribution in [0.15, 0.2) is 36.5 Å². The normalized spacial score (nSPS) is 16.5. The van der Waals surface area contributed by atoms with Crippen LogP contribution in [0.1, 0.15) is 33.8 Å². The van der Waals surface area contributed by atoms with Crippen molar-refractivity contribution < 1.29 is 37.4 Å². The van der Waals surface area contributed by atoms with Gasteiger partial charge in [-0.25, -0.2) is 9.37 Å². The first kappa shape index (κ1) is 32.5. The van der Waals surface area contributed by atoms with Crippen molar-refractivity contribution in [1.29, 1.82) is 0 Å². The minimum atomic E-state index is -3.23. The third-order valence-corrected chi connectivity index (χ3v) is 8.55. The number of aliphatic hydroxyl groups is 1. The van der Waals surface area contributed by atoms with Crippen LogP contribution in [0.5, 0.6) is 5.75 Å². The van der Waals surface area contributed by atoms with Crippen LogP contribution in [-0.4, -0.2) is 93.7 Å². The molecule has 2 aliphatic heterocycles. The lowest BCUT2D eigenvalue weighted by Gasteiger charge is -2.40. The van der Waals surface area contributed by atoms with Gasteiger partial charge in [-0.3, -0.25) is 14.4 Å². The molecule has 2 fully saturated rings. The van der Waals surface area contributed by atoms with Crippen LogP contribution < -0.4 is 15.4 Å². The first-order valence-electron chi connectivity index (χ1n) is 14.0. The number of imidazole rings is 1. The molecule has 0 radical (unpaired) electrons. The SMILES string of the molecule is Cn1c(-c2ccc(OC(F)F)c(F)c2Cl)cnc1C(=O)Nc1ccc(C(=O)N2CCN(C(=O)C3(O)CCNCC3)CC2)c(Cl)c1. The maximum absolute atomic E-state index is 14.5. The Kier molecular flexibility index (Phi) is 9.58. The molecule has 2 saturated heterocycles. The Balaban J connectivity index is 1.22. The third kappa shape index (κ3) is 6.73. The standard InChI is InChI=1S/C29H29Cl2F3N6O5/c1-38-20(18-4-5-21(45-28(33)34)23(32)22(18)31)15-36-24(38)25(41)37-16-2-3-17(19(30)14-16)26(42)39-10-12-40(13-11-39)27(43)29(44)6-8-35-9-7-29/h2-5,14-15,28,35,44H,6-13H2,1H3,(H,37,41). The minimum Gasteiger partial charge on any atom is -0.432 e. The summed E-state index contributed by atoms with van der Waals surface area (Å²) in [7, 11) is 1.49. The number of aromatic nitrogens is 2. The number of amides is 3. The topological polar surface area (TPSA) is 129 Å². The van der Waals surface area contributed by atoms with Crippen molar-refractivity contribution >= 4 is 46.6 Å². The molecule has 0 spiro atoms. The van der Waals surface area contributed by atoms with Crippen molar-refractivity contribution in [3.8, 4) is 17.0 Å². The van der Waals surface area contributed by atoms with E-state index in [4.69, 9.17) is 23.2 Å². The fraction of sp³-hybridized carbons (Fsp3) is 0.379. The highest BCUT2D eigenvalue weighted by Crippen LogP contribution is 2.35. The number of nitrogens with zero attached hydrogens (tertiary/aromatic N) is 4. The number of piperidine rings is 1. The number of alkyl halides is 2. The summed E-state index contributed by atoms with van der Waals surface area (Å²) in [6, 6.07) is 6.66. The zero-order valence-electron chi connectivity index (χ0n) is 24.0. The maximum Gasteiger partial charge on any atom is 0.387 e. The van der Waals surface area contributed by atoms with Crippen molar-refractivity contribution in [2.45, 2.75) is 25.1 Å². The molecule has 0 unspecified atom stereocenters. The van der Waals surface area contributed by atoms with Gasteiger partial charge in [-0.05, 0) is 56.3 Å². The number of halogens is 5. The highest BCUT2D eigenvalue weighted by molar-refractivity contribution is 6.34. The molecule has 2 aromatic carbocycles. The van der Waals surface area contributed by atoms with Gasteiger partial charge in [0.2, 0.25) is 0 Å². The summed E-state index contributed by atoms with van der Waals surface area (Å²) in [5, 5.41) is 16.1. The lowest BCUT2D eigenvalue weighted by atomic mass is 9.90. The molecule has 16 heteroatoms. The number of piperazine rings is 1. The predicted octanol–water partition coefficient (Wildman–Crippen LogP) is 3.79. The first-order valence-corrected chi connectivity index (χ1v) is 14.7. The minimum absolute atomic E-state index is 0.0766. The van der Waals surface area contributed by atoms with E-state index in [2.05, 4.69) is 20.4 Å². The van der Waals surface area contributed by atoms with Crippen LogP contribution in [0, 0.1) is 5.82 Å². The molecule has 3 N–H and O–H groups in total. The van der Waals surface area contributed by atoms with Crippen LogP contribution >= 0.6 is 23.2 Å². The zero-order valence-corrected chi connectivity index (χ0v) is 25.5. The van der Waals surface area contributed by atoms with Crippen LogP contribution in [-0.2, 0) is 11.8 Å². The molecule has 0 atom stereocenters. The molecule has 11 nitrogen and oxygen atoms in total. The van der Waals surface area contributed by atoms with Crippen LogP contribution in [0.2, 0.25) is 10.0 Å². The Hall–Kier alpha value is -3.85. The van der Waals surface area contributed by atoms with Gasteiger partial charge in [0.25, 0.3) is 17.7 Å². The van der Waals surface area contributed by atoms with E-state index in [9.17, 15) is 32.7 Å². The van der Waals surface area contributed by atoms with E-state index in [-0.39, 0.29) is 71.3 Å². The maximum atomic E-state index is 14.5. The average Bonchev–Trinajstić information content (AvgIpc) is 3.40. The summed E-state index contributed by atoms with van der Waals surface area (Å²) in [5.41, 5.74) is -0.570. The van der Waals surface area contributed by atoms with Gasteiger partial charge in [-0.1, -0.05) is 23.2 Å². The number of hydrogen-bond donors (Lipinski definition) is 3. The van der Waals surface area contributed by atoms with E-state index in [1.54, 1.807) is 9.80 Å². The molecule has 240 valence electrons. The Bertz CT molecular complexity index is 1620. The molecular formula is C29H29Cl2F3N6O5. The van der Waals surface area contributed by atoms with E-state index in [0.29, 0.717) is 25.9 Å². The molecule has 3 heterocycles. The number of carbonyl (C=O) groups is 3. The lowest BCUT2D eigenvalue weighted by Crippen LogP contribution is -2.59.